The molecule has 3 N–H and O–H groups in total. The molecular weight excluding hydrogens is 262 g/mol. The van der Waals surface area contributed by atoms with E-state index in [0.717, 1.165) is 25.9 Å². The van der Waals surface area contributed by atoms with E-state index in [1.54, 1.807) is 0 Å². The van der Waals surface area contributed by atoms with Crippen molar-refractivity contribution in [3.63, 3.8) is 0 Å². The van der Waals surface area contributed by atoms with Crippen molar-refractivity contribution in [2.75, 3.05) is 26.2 Å². The predicted octanol–water partition coefficient (Wildman–Crippen LogP) is 2.13. The van der Waals surface area contributed by atoms with E-state index < -0.39 is 0 Å². The Morgan fingerprint density at radius 3 is 2.62 bits per heavy atom. The molecule has 0 spiro atoms. The summed E-state index contributed by atoms with van der Waals surface area (Å²) in [6.45, 7) is 8.28. The van der Waals surface area contributed by atoms with Crippen LogP contribution in [0.15, 0.2) is 0 Å². The number of hydrogen-bond donors (Lipinski definition) is 2. The van der Waals surface area contributed by atoms with Crippen molar-refractivity contribution in [3.05, 3.63) is 0 Å². The molecule has 0 radical (unpaired) electrons. The number of nitrogens with two attached hydrogens (primary N) is 1. The van der Waals surface area contributed by atoms with Crippen LogP contribution in [0.3, 0.4) is 0 Å². The summed E-state index contributed by atoms with van der Waals surface area (Å²) in [6, 6.07) is 0.619. The van der Waals surface area contributed by atoms with Crippen LogP contribution in [0.1, 0.15) is 58.8 Å². The molecule has 2 fully saturated rings. The second-order valence-electron chi connectivity index (χ2n) is 7.49. The number of rotatable bonds is 6. The molecule has 0 aromatic carbocycles. The lowest BCUT2D eigenvalue weighted by Crippen LogP contribution is -2.40. The molecule has 1 atom stereocenters. The third kappa shape index (κ3) is 4.68. The van der Waals surface area contributed by atoms with Crippen LogP contribution in [0, 0.1) is 11.3 Å². The molecule has 122 valence electrons. The average molecular weight is 295 g/mol. The summed E-state index contributed by atoms with van der Waals surface area (Å²) >= 11 is 0. The van der Waals surface area contributed by atoms with E-state index in [1.807, 2.05) is 0 Å². The van der Waals surface area contributed by atoms with Crippen molar-refractivity contribution in [3.8, 4) is 0 Å². The molecule has 21 heavy (non-hydrogen) atoms. The molecule has 1 saturated heterocycles. The largest absolute Gasteiger partial charge is 0.356 e. The summed E-state index contributed by atoms with van der Waals surface area (Å²) in [5.74, 6) is 0.835. The molecule has 1 aliphatic heterocycles. The third-order valence-electron chi connectivity index (χ3n) is 5.52. The molecule has 4 nitrogen and oxygen atoms in total. The maximum Gasteiger partial charge on any atom is 0.220 e. The minimum Gasteiger partial charge on any atom is -0.356 e. The number of carbonyl (C=O) groups is 1. The van der Waals surface area contributed by atoms with Crippen LogP contribution in [0.4, 0.5) is 0 Å². The molecule has 2 aliphatic rings. The lowest BCUT2D eigenvalue weighted by atomic mass is 9.71. The molecule has 1 heterocycles. The topological polar surface area (TPSA) is 58.4 Å². The molecule has 1 saturated carbocycles. The molecule has 4 heteroatoms. The summed E-state index contributed by atoms with van der Waals surface area (Å²) in [6.07, 6.45) is 7.86. The van der Waals surface area contributed by atoms with E-state index in [1.165, 1.54) is 32.2 Å². The highest BCUT2D eigenvalue weighted by Crippen LogP contribution is 2.38. The van der Waals surface area contributed by atoms with Crippen molar-refractivity contribution in [1.29, 1.82) is 0 Å². The Labute approximate surface area is 129 Å². The number of nitrogens with one attached hydrogen (secondary N) is 1. The van der Waals surface area contributed by atoms with Gasteiger partial charge in [0.15, 0.2) is 0 Å². The standard InChI is InChI=1S/C17H33N3O/c1-14(2)20-9-6-15(12-20)11-19-16(21)10-17(13-18)7-4-3-5-8-17/h14-15H,3-13,18H2,1-2H3,(H,19,21). The van der Waals surface area contributed by atoms with Crippen molar-refractivity contribution in [1.82, 2.24) is 10.2 Å². The fraction of sp³-hybridized carbons (Fsp3) is 0.941. The predicted molar refractivity (Wildman–Crippen MR) is 87.0 cm³/mol. The van der Waals surface area contributed by atoms with E-state index in [0.29, 0.717) is 24.9 Å². The molecular formula is C17H33N3O. The van der Waals surface area contributed by atoms with E-state index in [2.05, 4.69) is 24.1 Å². The van der Waals surface area contributed by atoms with E-state index in [4.69, 9.17) is 5.73 Å². The Kier molecular flexibility index (Phi) is 6.06. The molecule has 0 aromatic rings. The zero-order valence-corrected chi connectivity index (χ0v) is 13.9. The number of carbonyl (C=O) groups excluding carboxylic acids is 1. The van der Waals surface area contributed by atoms with Gasteiger partial charge in [-0.3, -0.25) is 4.79 Å². The SMILES string of the molecule is CC(C)N1CCC(CNC(=O)CC2(CN)CCCCC2)C1. The first-order valence-electron chi connectivity index (χ1n) is 8.75. The summed E-state index contributed by atoms with van der Waals surface area (Å²) in [5, 5.41) is 3.17. The van der Waals surface area contributed by atoms with Gasteiger partial charge in [-0.2, -0.15) is 0 Å². The highest BCUT2D eigenvalue weighted by molar-refractivity contribution is 5.76. The van der Waals surface area contributed by atoms with Gasteiger partial charge in [-0.05, 0) is 57.5 Å². The monoisotopic (exact) mass is 295 g/mol. The molecule has 1 aliphatic carbocycles. The summed E-state index contributed by atoms with van der Waals surface area (Å²) < 4.78 is 0. The van der Waals surface area contributed by atoms with Crippen LogP contribution >= 0.6 is 0 Å². The van der Waals surface area contributed by atoms with Crippen molar-refractivity contribution in [2.24, 2.45) is 17.1 Å². The highest BCUT2D eigenvalue weighted by Gasteiger charge is 2.33. The van der Waals surface area contributed by atoms with Gasteiger partial charge in [0.25, 0.3) is 0 Å². The van der Waals surface area contributed by atoms with Crippen LogP contribution in [-0.2, 0) is 4.79 Å². The van der Waals surface area contributed by atoms with Gasteiger partial charge < -0.3 is 16.0 Å². The minimum absolute atomic E-state index is 0.0853. The summed E-state index contributed by atoms with van der Waals surface area (Å²) in [7, 11) is 0. The highest BCUT2D eigenvalue weighted by atomic mass is 16.1. The molecule has 1 amide bonds. The maximum absolute atomic E-state index is 12.3. The van der Waals surface area contributed by atoms with Gasteiger partial charge in [-0.15, -0.1) is 0 Å². The molecule has 1 unspecified atom stereocenters. The van der Waals surface area contributed by atoms with Gasteiger partial charge in [0.05, 0.1) is 0 Å². The van der Waals surface area contributed by atoms with Gasteiger partial charge in [-0.1, -0.05) is 19.3 Å². The lowest BCUT2D eigenvalue weighted by molar-refractivity contribution is -0.124. The second-order valence-corrected chi connectivity index (χ2v) is 7.49. The van der Waals surface area contributed by atoms with Crippen LogP contribution < -0.4 is 11.1 Å². The van der Waals surface area contributed by atoms with Crippen LogP contribution in [-0.4, -0.2) is 43.0 Å². The van der Waals surface area contributed by atoms with Gasteiger partial charge in [-0.25, -0.2) is 0 Å². The van der Waals surface area contributed by atoms with Crippen molar-refractivity contribution >= 4 is 5.91 Å². The fourth-order valence-corrected chi connectivity index (χ4v) is 3.91. The molecule has 0 aromatic heterocycles. The minimum atomic E-state index is 0.0853. The quantitative estimate of drug-likeness (QED) is 0.789. The van der Waals surface area contributed by atoms with Crippen molar-refractivity contribution < 1.29 is 4.79 Å². The van der Waals surface area contributed by atoms with Crippen LogP contribution in [0.2, 0.25) is 0 Å². The zero-order chi connectivity index (χ0) is 15.3. The summed E-state index contributed by atoms with van der Waals surface area (Å²) in [4.78, 5) is 14.8. The second kappa shape index (κ2) is 7.59. The van der Waals surface area contributed by atoms with Gasteiger partial charge >= 0.3 is 0 Å². The lowest BCUT2D eigenvalue weighted by Gasteiger charge is -2.35. The Morgan fingerprint density at radius 2 is 2.05 bits per heavy atom. The van der Waals surface area contributed by atoms with Crippen LogP contribution in [0.5, 0.6) is 0 Å². The Bertz CT molecular complexity index is 337. The normalized spacial score (nSPS) is 26.2. The number of hydrogen-bond acceptors (Lipinski definition) is 3. The summed E-state index contributed by atoms with van der Waals surface area (Å²) in [5.41, 5.74) is 6.05. The third-order valence-corrected chi connectivity index (χ3v) is 5.52. The smallest absolute Gasteiger partial charge is 0.220 e. The van der Waals surface area contributed by atoms with E-state index in [9.17, 15) is 4.79 Å². The van der Waals surface area contributed by atoms with Gasteiger partial charge in [0.1, 0.15) is 0 Å². The Morgan fingerprint density at radius 1 is 1.33 bits per heavy atom. The maximum atomic E-state index is 12.3. The molecule has 0 bridgehead atoms. The number of amides is 1. The first-order chi connectivity index (χ1) is 10.0. The van der Waals surface area contributed by atoms with Gasteiger partial charge in [0.2, 0.25) is 5.91 Å². The van der Waals surface area contributed by atoms with Gasteiger partial charge in [0, 0.05) is 25.6 Å². The molecule has 2 rings (SSSR count). The van der Waals surface area contributed by atoms with Crippen LogP contribution in [0.25, 0.3) is 0 Å². The Balaban J connectivity index is 1.72. The fourth-order valence-electron chi connectivity index (χ4n) is 3.91. The number of likely N-dealkylation sites (tertiary alicyclic amines) is 1. The van der Waals surface area contributed by atoms with E-state index in [-0.39, 0.29) is 11.3 Å². The first-order valence-corrected chi connectivity index (χ1v) is 8.75. The first kappa shape index (κ1) is 16.8. The van der Waals surface area contributed by atoms with E-state index >= 15 is 0 Å². The Hall–Kier alpha value is -0.610. The zero-order valence-electron chi connectivity index (χ0n) is 13.9. The number of nitrogens with zero attached hydrogens (tertiary/aromatic N) is 1. The van der Waals surface area contributed by atoms with Crippen molar-refractivity contribution in [2.45, 2.75) is 64.8 Å². The average Bonchev–Trinajstić information content (AvgIpc) is 2.95.